The van der Waals surface area contributed by atoms with E-state index in [0.29, 0.717) is 34.3 Å². The van der Waals surface area contributed by atoms with Crippen LogP contribution in [0.25, 0.3) is 0 Å². The van der Waals surface area contributed by atoms with Crippen molar-refractivity contribution < 1.29 is 19.1 Å². The molecule has 0 radical (unpaired) electrons. The molecule has 164 valence electrons. The normalized spacial score (nSPS) is 15.9. The maximum atomic E-state index is 12.9. The third-order valence-corrected chi connectivity index (χ3v) is 5.78. The van der Waals surface area contributed by atoms with E-state index in [0.717, 1.165) is 0 Å². The number of hydrogen-bond donors (Lipinski definition) is 3. The molecule has 2 aromatic rings. The Kier molecular flexibility index (Phi) is 7.69. The number of hydrogen-bond acceptors (Lipinski definition) is 5. The van der Waals surface area contributed by atoms with E-state index in [9.17, 15) is 14.4 Å². The van der Waals surface area contributed by atoms with E-state index in [2.05, 4.69) is 16.0 Å². The zero-order valence-corrected chi connectivity index (χ0v) is 19.2. The minimum absolute atomic E-state index is 0.202. The molecule has 0 unspecified atom stereocenters. The molecule has 3 amide bonds. The van der Waals surface area contributed by atoms with Crippen LogP contribution >= 0.6 is 35.0 Å². The maximum absolute atomic E-state index is 12.9. The monoisotopic (exact) mass is 481 g/mol. The van der Waals surface area contributed by atoms with Crippen molar-refractivity contribution in [3.63, 3.8) is 0 Å². The highest BCUT2D eigenvalue weighted by Crippen LogP contribution is 2.32. The molecular weight excluding hydrogens is 461 g/mol. The van der Waals surface area contributed by atoms with Crippen molar-refractivity contribution in [3.8, 4) is 5.75 Å². The number of carbonyl (C=O) groups excluding carboxylic acids is 3. The van der Waals surface area contributed by atoms with Crippen LogP contribution in [0.4, 0.5) is 11.4 Å². The molecule has 10 heteroatoms. The van der Waals surface area contributed by atoms with Crippen LogP contribution in [0.5, 0.6) is 5.75 Å². The first kappa shape index (κ1) is 23.2. The van der Waals surface area contributed by atoms with Crippen molar-refractivity contribution in [2.75, 3.05) is 22.6 Å². The van der Waals surface area contributed by atoms with E-state index >= 15 is 0 Å². The lowest BCUT2D eigenvalue weighted by atomic mass is 10.1. The van der Waals surface area contributed by atoms with Gasteiger partial charge in [0.15, 0.2) is 6.10 Å². The van der Waals surface area contributed by atoms with Gasteiger partial charge in [0.1, 0.15) is 11.8 Å². The Morgan fingerprint density at radius 2 is 2.00 bits per heavy atom. The predicted octanol–water partition coefficient (Wildman–Crippen LogP) is 4.20. The van der Waals surface area contributed by atoms with Crippen LogP contribution in [-0.4, -0.2) is 41.9 Å². The molecule has 0 saturated carbocycles. The second-order valence-electron chi connectivity index (χ2n) is 6.88. The first-order valence-corrected chi connectivity index (χ1v) is 11.6. The molecule has 1 aliphatic rings. The van der Waals surface area contributed by atoms with Crippen molar-refractivity contribution in [2.24, 2.45) is 0 Å². The van der Waals surface area contributed by atoms with E-state index < -0.39 is 18.1 Å². The van der Waals surface area contributed by atoms with Crippen molar-refractivity contribution >= 4 is 64.1 Å². The fourth-order valence-corrected chi connectivity index (χ4v) is 3.90. The molecule has 0 bridgehead atoms. The summed E-state index contributed by atoms with van der Waals surface area (Å²) in [5.41, 5.74) is 1.17. The molecule has 2 atom stereocenters. The number of carbonyl (C=O) groups is 3. The molecule has 31 heavy (non-hydrogen) atoms. The third-order valence-electron chi connectivity index (χ3n) is 4.59. The Labute approximate surface area is 194 Å². The van der Waals surface area contributed by atoms with Crippen LogP contribution in [-0.2, 0) is 9.59 Å². The van der Waals surface area contributed by atoms with Gasteiger partial charge in [-0.05, 0) is 61.8 Å². The predicted molar refractivity (Wildman–Crippen MR) is 125 cm³/mol. The Morgan fingerprint density at radius 1 is 1.23 bits per heavy atom. The van der Waals surface area contributed by atoms with Crippen LogP contribution in [0.2, 0.25) is 10.0 Å². The summed E-state index contributed by atoms with van der Waals surface area (Å²) in [5.74, 6) is 0.0705. The van der Waals surface area contributed by atoms with Gasteiger partial charge in [0.2, 0.25) is 5.91 Å². The molecule has 0 saturated heterocycles. The summed E-state index contributed by atoms with van der Waals surface area (Å²) < 4.78 is 5.52. The van der Waals surface area contributed by atoms with Gasteiger partial charge in [0.05, 0.1) is 16.3 Å². The highest BCUT2D eigenvalue weighted by Gasteiger charge is 2.25. The minimum atomic E-state index is -0.784. The number of nitrogens with one attached hydrogen (secondary N) is 3. The quantitative estimate of drug-likeness (QED) is 0.550. The van der Waals surface area contributed by atoms with Crippen molar-refractivity contribution in [1.29, 1.82) is 0 Å². The van der Waals surface area contributed by atoms with E-state index in [1.807, 2.05) is 6.26 Å². The third kappa shape index (κ3) is 5.84. The highest BCUT2D eigenvalue weighted by atomic mass is 35.5. The average Bonchev–Trinajstić information content (AvgIpc) is 2.71. The van der Waals surface area contributed by atoms with Crippen LogP contribution in [0.3, 0.4) is 0 Å². The second kappa shape index (κ2) is 10.3. The van der Waals surface area contributed by atoms with E-state index in [-0.39, 0.29) is 22.4 Å². The largest absolute Gasteiger partial charge is 0.479 e. The van der Waals surface area contributed by atoms with E-state index in [1.165, 1.54) is 12.1 Å². The lowest BCUT2D eigenvalue weighted by Crippen LogP contribution is -2.44. The molecule has 0 fully saturated rings. The van der Waals surface area contributed by atoms with Gasteiger partial charge >= 0.3 is 0 Å². The first-order chi connectivity index (χ1) is 14.8. The second-order valence-corrected chi connectivity index (χ2v) is 8.71. The number of fused-ring (bicyclic) bond motifs is 1. The van der Waals surface area contributed by atoms with Gasteiger partial charge in [-0.15, -0.1) is 0 Å². The number of thioether (sulfide) groups is 1. The van der Waals surface area contributed by atoms with Gasteiger partial charge in [-0.25, -0.2) is 0 Å². The van der Waals surface area contributed by atoms with Crippen molar-refractivity contribution in [2.45, 2.75) is 25.5 Å². The highest BCUT2D eigenvalue weighted by molar-refractivity contribution is 7.98. The molecule has 7 nitrogen and oxygen atoms in total. The molecule has 1 aliphatic heterocycles. The van der Waals surface area contributed by atoms with Gasteiger partial charge in [0.25, 0.3) is 11.8 Å². The topological polar surface area (TPSA) is 96.5 Å². The number of halogens is 2. The zero-order valence-electron chi connectivity index (χ0n) is 16.8. The first-order valence-electron chi connectivity index (χ1n) is 9.45. The standard InChI is InChI=1S/C21H21Cl2N3O4S/c1-11-19(27)26-17-10-13(4-6-18(17)30-11)24-21(29)16(7-8-31-2)25-20(28)14-5-3-12(22)9-15(14)23/h3-6,9-11,16H,7-8H2,1-2H3,(H,24,29)(H,25,28)(H,26,27)/t11-,16-/m1/s1. The maximum Gasteiger partial charge on any atom is 0.265 e. The van der Waals surface area contributed by atoms with Crippen molar-refractivity contribution in [1.82, 2.24) is 5.32 Å². The average molecular weight is 482 g/mol. The van der Waals surface area contributed by atoms with Crippen molar-refractivity contribution in [3.05, 3.63) is 52.0 Å². The van der Waals surface area contributed by atoms with E-state index in [4.69, 9.17) is 27.9 Å². The number of ether oxygens (including phenoxy) is 1. The summed E-state index contributed by atoms with van der Waals surface area (Å²) in [6.07, 6.45) is 1.76. The molecule has 0 spiro atoms. The Balaban J connectivity index is 1.73. The minimum Gasteiger partial charge on any atom is -0.479 e. The molecule has 0 aliphatic carbocycles. The number of benzene rings is 2. The van der Waals surface area contributed by atoms with Gasteiger partial charge in [0, 0.05) is 10.7 Å². The van der Waals surface area contributed by atoms with Crippen LogP contribution in [0.15, 0.2) is 36.4 Å². The summed E-state index contributed by atoms with van der Waals surface area (Å²) in [4.78, 5) is 37.4. The molecular formula is C21H21Cl2N3O4S. The Morgan fingerprint density at radius 3 is 2.71 bits per heavy atom. The van der Waals surface area contributed by atoms with Gasteiger partial charge in [-0.1, -0.05) is 23.2 Å². The van der Waals surface area contributed by atoms with Gasteiger partial charge in [-0.3, -0.25) is 14.4 Å². The number of rotatable bonds is 7. The summed E-state index contributed by atoms with van der Waals surface area (Å²) in [5, 5.41) is 8.87. The van der Waals surface area contributed by atoms with Crippen LogP contribution in [0, 0.1) is 0 Å². The smallest absolute Gasteiger partial charge is 0.265 e. The Bertz CT molecular complexity index is 1020. The number of anilines is 2. The zero-order chi connectivity index (χ0) is 22.5. The molecule has 3 N–H and O–H groups in total. The van der Waals surface area contributed by atoms with Crippen LogP contribution in [0.1, 0.15) is 23.7 Å². The SMILES string of the molecule is CSCC[C@@H](NC(=O)c1ccc(Cl)cc1Cl)C(=O)Nc1ccc2c(c1)NC(=O)[C@@H](C)O2. The lowest BCUT2D eigenvalue weighted by Gasteiger charge is -2.24. The fourth-order valence-electron chi connectivity index (χ4n) is 2.93. The Hall–Kier alpha value is -2.42. The van der Waals surface area contributed by atoms with Gasteiger partial charge < -0.3 is 20.7 Å². The summed E-state index contributed by atoms with van der Waals surface area (Å²) in [6.45, 7) is 1.65. The van der Waals surface area contributed by atoms with E-state index in [1.54, 1.807) is 43.0 Å². The fraction of sp³-hybridized carbons (Fsp3) is 0.286. The molecule has 3 rings (SSSR count). The molecule has 2 aromatic carbocycles. The van der Waals surface area contributed by atoms with Crippen LogP contribution < -0.4 is 20.7 Å². The molecule has 1 heterocycles. The summed E-state index contributed by atoms with van der Waals surface area (Å²) >= 11 is 13.6. The summed E-state index contributed by atoms with van der Waals surface area (Å²) in [6, 6.07) is 8.71. The summed E-state index contributed by atoms with van der Waals surface area (Å²) in [7, 11) is 0. The number of amides is 3. The molecule has 0 aromatic heterocycles. The van der Waals surface area contributed by atoms with Gasteiger partial charge in [-0.2, -0.15) is 11.8 Å². The lowest BCUT2D eigenvalue weighted by molar-refractivity contribution is -0.122.